The number of hydrogen-bond donors (Lipinski definition) is 3. The van der Waals surface area contributed by atoms with Crippen LogP contribution < -0.4 is 11.1 Å². The number of carbonyl (C=O) groups excluding carboxylic acids is 1. The van der Waals surface area contributed by atoms with Crippen LogP contribution in [0.15, 0.2) is 30.3 Å². The van der Waals surface area contributed by atoms with Gasteiger partial charge in [-0.2, -0.15) is 0 Å². The number of hydrogen-bond acceptors (Lipinski definition) is 3. The Kier molecular flexibility index (Phi) is 5.76. The smallest absolute Gasteiger partial charge is 0.221 e. The van der Waals surface area contributed by atoms with Crippen LogP contribution in [-0.2, 0) is 4.79 Å². The van der Waals surface area contributed by atoms with Gasteiger partial charge in [-0.1, -0.05) is 49.6 Å². The van der Waals surface area contributed by atoms with E-state index < -0.39 is 0 Å². The van der Waals surface area contributed by atoms with Crippen LogP contribution in [0.2, 0.25) is 0 Å². The highest BCUT2D eigenvalue weighted by molar-refractivity contribution is 5.77. The van der Waals surface area contributed by atoms with Crippen LogP contribution in [0.25, 0.3) is 0 Å². The van der Waals surface area contributed by atoms with Crippen molar-refractivity contribution in [3.63, 3.8) is 0 Å². The van der Waals surface area contributed by atoms with Gasteiger partial charge in [0.2, 0.25) is 5.91 Å². The van der Waals surface area contributed by atoms with Gasteiger partial charge in [-0.25, -0.2) is 0 Å². The van der Waals surface area contributed by atoms with Gasteiger partial charge in [-0.15, -0.1) is 0 Å². The molecule has 4 N–H and O–H groups in total. The van der Waals surface area contributed by atoms with Gasteiger partial charge < -0.3 is 16.2 Å². The van der Waals surface area contributed by atoms with Crippen molar-refractivity contribution >= 4 is 5.91 Å². The number of benzene rings is 1. The number of aliphatic hydroxyl groups is 1. The number of amides is 1. The second-order valence-electron chi connectivity index (χ2n) is 6.15. The van der Waals surface area contributed by atoms with Gasteiger partial charge in [-0.3, -0.25) is 4.79 Å². The zero-order chi connectivity index (χ0) is 15.1. The first-order chi connectivity index (χ1) is 10.2. The lowest BCUT2D eigenvalue weighted by molar-refractivity contribution is -0.125. The summed E-state index contributed by atoms with van der Waals surface area (Å²) in [6.07, 6.45) is 6.09. The monoisotopic (exact) mass is 290 g/mol. The Morgan fingerprint density at radius 2 is 1.90 bits per heavy atom. The Bertz CT molecular complexity index is 441. The predicted octanol–water partition coefficient (Wildman–Crippen LogP) is 2.14. The molecule has 0 aliphatic heterocycles. The molecule has 1 saturated carbocycles. The molecule has 0 saturated heterocycles. The molecule has 1 aliphatic rings. The minimum Gasteiger partial charge on any atom is -0.394 e. The fraction of sp³-hybridized carbons (Fsp3) is 0.588. The largest absolute Gasteiger partial charge is 0.394 e. The molecule has 0 aromatic heterocycles. The van der Waals surface area contributed by atoms with Crippen LogP contribution in [-0.4, -0.2) is 24.2 Å². The Morgan fingerprint density at radius 1 is 1.24 bits per heavy atom. The Morgan fingerprint density at radius 3 is 2.48 bits per heavy atom. The third-order valence-electron chi connectivity index (χ3n) is 4.60. The quantitative estimate of drug-likeness (QED) is 0.751. The molecule has 1 fully saturated rings. The summed E-state index contributed by atoms with van der Waals surface area (Å²) in [7, 11) is 0. The molecule has 0 radical (unpaired) electrons. The first-order valence-electron chi connectivity index (χ1n) is 7.84. The van der Waals surface area contributed by atoms with Crippen LogP contribution in [0.3, 0.4) is 0 Å². The standard InChI is InChI=1S/C17H26N2O2/c18-13-17(9-5-2-6-10-17)11-16(21)19-15(12-20)14-7-3-1-4-8-14/h1,3-4,7-8,15,20H,2,5-6,9-13,18H2,(H,19,21). The highest BCUT2D eigenvalue weighted by Gasteiger charge is 2.33. The molecule has 4 heteroatoms. The Hall–Kier alpha value is -1.39. The first kappa shape index (κ1) is 16.0. The lowest BCUT2D eigenvalue weighted by Gasteiger charge is -2.36. The van der Waals surface area contributed by atoms with E-state index in [2.05, 4.69) is 5.32 Å². The lowest BCUT2D eigenvalue weighted by Crippen LogP contribution is -2.40. The van der Waals surface area contributed by atoms with E-state index in [9.17, 15) is 9.90 Å². The third kappa shape index (κ3) is 4.29. The lowest BCUT2D eigenvalue weighted by atomic mass is 9.71. The highest BCUT2D eigenvalue weighted by atomic mass is 16.3. The van der Waals surface area contributed by atoms with Gasteiger partial charge in [0.25, 0.3) is 0 Å². The summed E-state index contributed by atoms with van der Waals surface area (Å²) >= 11 is 0. The molecule has 1 atom stereocenters. The zero-order valence-electron chi connectivity index (χ0n) is 12.6. The molecule has 0 spiro atoms. The topological polar surface area (TPSA) is 75.4 Å². The van der Waals surface area contributed by atoms with Crippen molar-refractivity contribution in [1.82, 2.24) is 5.32 Å². The molecular weight excluding hydrogens is 264 g/mol. The Balaban J connectivity index is 1.96. The average molecular weight is 290 g/mol. The summed E-state index contributed by atoms with van der Waals surface area (Å²) in [6.45, 7) is 0.473. The molecule has 0 heterocycles. The maximum atomic E-state index is 12.3. The van der Waals surface area contributed by atoms with Crippen LogP contribution in [0.1, 0.15) is 50.1 Å². The number of rotatable bonds is 6. The van der Waals surface area contributed by atoms with Crippen molar-refractivity contribution in [3.05, 3.63) is 35.9 Å². The molecule has 1 amide bonds. The second-order valence-corrected chi connectivity index (χ2v) is 6.15. The average Bonchev–Trinajstić information content (AvgIpc) is 2.54. The predicted molar refractivity (Wildman–Crippen MR) is 83.6 cm³/mol. The van der Waals surface area contributed by atoms with Crippen LogP contribution in [0, 0.1) is 5.41 Å². The van der Waals surface area contributed by atoms with Crippen molar-refractivity contribution < 1.29 is 9.90 Å². The van der Waals surface area contributed by atoms with E-state index in [0.717, 1.165) is 31.2 Å². The molecule has 2 rings (SSSR count). The molecule has 21 heavy (non-hydrogen) atoms. The van der Waals surface area contributed by atoms with Crippen molar-refractivity contribution in [1.29, 1.82) is 0 Å². The summed E-state index contributed by atoms with van der Waals surface area (Å²) in [4.78, 5) is 12.3. The summed E-state index contributed by atoms with van der Waals surface area (Å²) in [5, 5.41) is 12.5. The number of aliphatic hydroxyl groups excluding tert-OH is 1. The van der Waals surface area contributed by atoms with E-state index >= 15 is 0 Å². The minimum atomic E-state index is -0.336. The maximum Gasteiger partial charge on any atom is 0.221 e. The van der Waals surface area contributed by atoms with E-state index in [1.165, 1.54) is 6.42 Å². The van der Waals surface area contributed by atoms with Gasteiger partial charge in [0, 0.05) is 6.42 Å². The molecule has 4 nitrogen and oxygen atoms in total. The SMILES string of the molecule is NCC1(CC(=O)NC(CO)c2ccccc2)CCCCC1. The normalized spacial score (nSPS) is 19.0. The fourth-order valence-corrected chi connectivity index (χ4v) is 3.26. The Labute approximate surface area is 126 Å². The van der Waals surface area contributed by atoms with Crippen LogP contribution >= 0.6 is 0 Å². The van der Waals surface area contributed by atoms with Crippen LogP contribution in [0.5, 0.6) is 0 Å². The second kappa shape index (κ2) is 7.57. The van der Waals surface area contributed by atoms with Crippen molar-refractivity contribution in [3.8, 4) is 0 Å². The van der Waals surface area contributed by atoms with Gasteiger partial charge in [0.05, 0.1) is 12.6 Å². The summed E-state index contributed by atoms with van der Waals surface area (Å²) in [5.74, 6) is -0.00902. The minimum absolute atomic E-state index is 0.00902. The van der Waals surface area contributed by atoms with Crippen molar-refractivity contribution in [2.24, 2.45) is 11.1 Å². The van der Waals surface area contributed by atoms with E-state index in [1.54, 1.807) is 0 Å². The summed E-state index contributed by atoms with van der Waals surface area (Å²) in [5.41, 5.74) is 6.82. The maximum absolute atomic E-state index is 12.3. The van der Waals surface area contributed by atoms with Crippen molar-refractivity contribution in [2.75, 3.05) is 13.2 Å². The third-order valence-corrected chi connectivity index (χ3v) is 4.60. The molecule has 1 unspecified atom stereocenters. The van der Waals surface area contributed by atoms with Crippen molar-refractivity contribution in [2.45, 2.75) is 44.6 Å². The molecular formula is C17H26N2O2. The number of nitrogens with one attached hydrogen (secondary N) is 1. The van der Waals surface area contributed by atoms with Gasteiger partial charge in [0.1, 0.15) is 0 Å². The van der Waals surface area contributed by atoms with E-state index in [1.807, 2.05) is 30.3 Å². The van der Waals surface area contributed by atoms with Gasteiger partial charge in [0.15, 0.2) is 0 Å². The van der Waals surface area contributed by atoms with E-state index in [0.29, 0.717) is 13.0 Å². The number of nitrogens with two attached hydrogens (primary N) is 1. The zero-order valence-corrected chi connectivity index (χ0v) is 12.6. The molecule has 1 aromatic rings. The molecule has 116 valence electrons. The van der Waals surface area contributed by atoms with Crippen LogP contribution in [0.4, 0.5) is 0 Å². The fourth-order valence-electron chi connectivity index (χ4n) is 3.26. The molecule has 0 bridgehead atoms. The number of carbonyl (C=O) groups is 1. The molecule has 1 aliphatic carbocycles. The highest BCUT2D eigenvalue weighted by Crippen LogP contribution is 2.38. The summed E-state index contributed by atoms with van der Waals surface area (Å²) < 4.78 is 0. The first-order valence-corrected chi connectivity index (χ1v) is 7.84. The summed E-state index contributed by atoms with van der Waals surface area (Å²) in [6, 6.07) is 9.24. The van der Waals surface area contributed by atoms with E-state index in [-0.39, 0.29) is 24.0 Å². The molecule has 1 aromatic carbocycles. The van der Waals surface area contributed by atoms with E-state index in [4.69, 9.17) is 5.73 Å². The van der Waals surface area contributed by atoms with Gasteiger partial charge >= 0.3 is 0 Å². The van der Waals surface area contributed by atoms with Gasteiger partial charge in [-0.05, 0) is 30.4 Å².